The lowest BCUT2D eigenvalue weighted by Gasteiger charge is -2.33. The van der Waals surface area contributed by atoms with Gasteiger partial charge in [-0.1, -0.05) is 12.1 Å². The molecule has 27 heavy (non-hydrogen) atoms. The Morgan fingerprint density at radius 1 is 1.30 bits per heavy atom. The molecule has 7 heteroatoms. The second-order valence-corrected chi connectivity index (χ2v) is 6.57. The van der Waals surface area contributed by atoms with E-state index in [9.17, 15) is 9.50 Å². The number of aliphatic imine (C=N–C) groups is 1. The van der Waals surface area contributed by atoms with E-state index in [1.54, 1.807) is 6.07 Å². The lowest BCUT2D eigenvalue weighted by atomic mass is 10.1. The van der Waals surface area contributed by atoms with Crippen LogP contribution in [0.2, 0.25) is 0 Å². The topological polar surface area (TPSA) is 72.8 Å². The van der Waals surface area contributed by atoms with Crippen LogP contribution in [-0.2, 0) is 6.54 Å². The molecule has 0 amide bonds. The van der Waals surface area contributed by atoms with Crippen molar-refractivity contribution in [1.82, 2.24) is 15.6 Å². The first-order valence-electron chi connectivity index (χ1n) is 9.34. The number of hydrogen-bond acceptors (Lipinski definition) is 4. The molecule has 1 aliphatic rings. The summed E-state index contributed by atoms with van der Waals surface area (Å²) >= 11 is 0. The predicted molar refractivity (Wildman–Crippen MR) is 105 cm³/mol. The Labute approximate surface area is 159 Å². The number of nitrogens with one attached hydrogen (secondary N) is 2. The molecule has 0 saturated carbocycles. The van der Waals surface area contributed by atoms with Gasteiger partial charge in [0.2, 0.25) is 0 Å². The van der Waals surface area contributed by atoms with Crippen molar-refractivity contribution >= 4 is 11.8 Å². The molecule has 0 bridgehead atoms. The first kappa shape index (κ1) is 18.9. The minimum Gasteiger partial charge on any atom is -0.505 e. The molecule has 2 heterocycles. The van der Waals surface area contributed by atoms with Gasteiger partial charge in [-0.05, 0) is 49.6 Å². The SMILES string of the molecule is CCNC(=NCc1ccc(O)c(F)c1)NC1CCN(c2ccccn2)CC1. The number of aromatic nitrogens is 1. The van der Waals surface area contributed by atoms with E-state index in [2.05, 4.69) is 25.5 Å². The van der Waals surface area contributed by atoms with Crippen molar-refractivity contribution in [2.45, 2.75) is 32.4 Å². The highest BCUT2D eigenvalue weighted by Gasteiger charge is 2.20. The largest absolute Gasteiger partial charge is 0.505 e. The Bertz CT molecular complexity index is 760. The van der Waals surface area contributed by atoms with Gasteiger partial charge in [-0.25, -0.2) is 14.4 Å². The highest BCUT2D eigenvalue weighted by molar-refractivity contribution is 5.80. The van der Waals surface area contributed by atoms with E-state index < -0.39 is 5.82 Å². The summed E-state index contributed by atoms with van der Waals surface area (Å²) in [4.78, 5) is 11.3. The molecule has 0 aliphatic carbocycles. The van der Waals surface area contributed by atoms with E-state index in [1.807, 2.05) is 31.3 Å². The van der Waals surface area contributed by atoms with Crippen molar-refractivity contribution < 1.29 is 9.50 Å². The van der Waals surface area contributed by atoms with Crippen LogP contribution < -0.4 is 15.5 Å². The number of nitrogens with zero attached hydrogens (tertiary/aromatic N) is 3. The quantitative estimate of drug-likeness (QED) is 0.557. The summed E-state index contributed by atoms with van der Waals surface area (Å²) in [6.07, 6.45) is 3.81. The fourth-order valence-electron chi connectivity index (χ4n) is 3.13. The molecule has 144 valence electrons. The summed E-state index contributed by atoms with van der Waals surface area (Å²) in [7, 11) is 0. The van der Waals surface area contributed by atoms with E-state index in [1.165, 1.54) is 12.1 Å². The summed E-state index contributed by atoms with van der Waals surface area (Å²) < 4.78 is 13.5. The predicted octanol–water partition coefficient (Wildman–Crippen LogP) is 2.65. The van der Waals surface area contributed by atoms with Gasteiger partial charge in [0, 0.05) is 31.9 Å². The standard InChI is InChI=1S/C20H26FN5O/c1-2-22-20(24-14-15-6-7-18(27)17(21)13-15)25-16-8-11-26(12-9-16)19-5-3-4-10-23-19/h3-7,10,13,16,27H,2,8-9,11-12,14H2,1H3,(H2,22,24,25). The molecule has 1 aromatic heterocycles. The lowest BCUT2D eigenvalue weighted by molar-refractivity contribution is 0.432. The summed E-state index contributed by atoms with van der Waals surface area (Å²) in [5.74, 6) is 0.781. The number of phenolic OH excluding ortho intramolecular Hbond substituents is 1. The number of hydrogen-bond donors (Lipinski definition) is 3. The van der Waals surface area contributed by atoms with Crippen LogP contribution in [-0.4, -0.2) is 41.7 Å². The highest BCUT2D eigenvalue weighted by Crippen LogP contribution is 2.18. The molecule has 2 aromatic rings. The number of piperidine rings is 1. The van der Waals surface area contributed by atoms with Crippen LogP contribution in [0.5, 0.6) is 5.75 Å². The third kappa shape index (κ3) is 5.32. The maximum absolute atomic E-state index is 13.5. The first-order chi connectivity index (χ1) is 13.2. The maximum Gasteiger partial charge on any atom is 0.191 e. The number of halogens is 1. The van der Waals surface area contributed by atoms with Crippen molar-refractivity contribution in [1.29, 1.82) is 0 Å². The fraction of sp³-hybridized carbons (Fsp3) is 0.400. The van der Waals surface area contributed by atoms with Gasteiger partial charge in [0.1, 0.15) is 5.82 Å². The molecule has 0 spiro atoms. The number of anilines is 1. The van der Waals surface area contributed by atoms with E-state index in [4.69, 9.17) is 0 Å². The lowest BCUT2D eigenvalue weighted by Crippen LogP contribution is -2.48. The Hall–Kier alpha value is -2.83. The van der Waals surface area contributed by atoms with E-state index in [0.29, 0.717) is 18.2 Å². The van der Waals surface area contributed by atoms with Gasteiger partial charge < -0.3 is 20.6 Å². The number of pyridine rings is 1. The molecule has 3 rings (SSSR count). The molecule has 1 fully saturated rings. The van der Waals surface area contributed by atoms with Crippen LogP contribution in [0, 0.1) is 5.82 Å². The fourth-order valence-corrected chi connectivity index (χ4v) is 3.13. The molecule has 0 unspecified atom stereocenters. The number of benzene rings is 1. The number of rotatable bonds is 5. The van der Waals surface area contributed by atoms with Gasteiger partial charge in [-0.15, -0.1) is 0 Å². The van der Waals surface area contributed by atoms with Crippen molar-refractivity contribution in [2.75, 3.05) is 24.5 Å². The first-order valence-corrected chi connectivity index (χ1v) is 9.34. The smallest absolute Gasteiger partial charge is 0.191 e. The van der Waals surface area contributed by atoms with Crippen LogP contribution in [0.15, 0.2) is 47.6 Å². The zero-order chi connectivity index (χ0) is 19.1. The van der Waals surface area contributed by atoms with Crippen molar-refractivity contribution in [2.24, 2.45) is 4.99 Å². The molecule has 6 nitrogen and oxygen atoms in total. The summed E-state index contributed by atoms with van der Waals surface area (Å²) in [6.45, 7) is 5.00. The molecule has 0 radical (unpaired) electrons. The molecule has 0 atom stereocenters. The molecule has 1 aromatic carbocycles. The Balaban J connectivity index is 1.55. The van der Waals surface area contributed by atoms with E-state index in [-0.39, 0.29) is 5.75 Å². The normalized spacial score (nSPS) is 15.6. The second kappa shape index (κ2) is 9.21. The summed E-state index contributed by atoms with van der Waals surface area (Å²) in [6, 6.07) is 10.7. The van der Waals surface area contributed by atoms with Crippen LogP contribution in [0.25, 0.3) is 0 Å². The minimum absolute atomic E-state index is 0.333. The monoisotopic (exact) mass is 371 g/mol. The van der Waals surface area contributed by atoms with Gasteiger partial charge in [0.15, 0.2) is 17.5 Å². The van der Waals surface area contributed by atoms with Crippen LogP contribution in [0.3, 0.4) is 0 Å². The van der Waals surface area contributed by atoms with Gasteiger partial charge in [0.25, 0.3) is 0 Å². The third-order valence-electron chi connectivity index (χ3n) is 4.59. The zero-order valence-electron chi connectivity index (χ0n) is 15.5. The van der Waals surface area contributed by atoms with Gasteiger partial charge in [0.05, 0.1) is 6.54 Å². The van der Waals surface area contributed by atoms with Crippen molar-refractivity contribution in [3.63, 3.8) is 0 Å². The van der Waals surface area contributed by atoms with Crippen molar-refractivity contribution in [3.05, 3.63) is 54.0 Å². The Morgan fingerprint density at radius 3 is 2.78 bits per heavy atom. The Morgan fingerprint density at radius 2 is 2.11 bits per heavy atom. The highest BCUT2D eigenvalue weighted by atomic mass is 19.1. The number of phenols is 1. The zero-order valence-corrected chi connectivity index (χ0v) is 15.5. The number of guanidine groups is 1. The minimum atomic E-state index is -0.623. The molecule has 1 aliphatic heterocycles. The van der Waals surface area contributed by atoms with E-state index in [0.717, 1.165) is 44.3 Å². The van der Waals surface area contributed by atoms with Crippen molar-refractivity contribution in [3.8, 4) is 5.75 Å². The van der Waals surface area contributed by atoms with Crippen LogP contribution in [0.4, 0.5) is 10.2 Å². The van der Waals surface area contributed by atoms with Gasteiger partial charge >= 0.3 is 0 Å². The van der Waals surface area contributed by atoms with Crippen LogP contribution in [0.1, 0.15) is 25.3 Å². The van der Waals surface area contributed by atoms with Crippen LogP contribution >= 0.6 is 0 Å². The Kier molecular flexibility index (Phi) is 6.46. The van der Waals surface area contributed by atoms with Gasteiger partial charge in [-0.2, -0.15) is 0 Å². The number of aromatic hydroxyl groups is 1. The van der Waals surface area contributed by atoms with Gasteiger partial charge in [-0.3, -0.25) is 0 Å². The van der Waals surface area contributed by atoms with E-state index >= 15 is 0 Å². The molecular formula is C20H26FN5O. The summed E-state index contributed by atoms with van der Waals surface area (Å²) in [5.41, 5.74) is 0.715. The molecule has 3 N–H and O–H groups in total. The average molecular weight is 371 g/mol. The average Bonchev–Trinajstić information content (AvgIpc) is 2.70. The summed E-state index contributed by atoms with van der Waals surface area (Å²) in [5, 5.41) is 16.0. The second-order valence-electron chi connectivity index (χ2n) is 6.57. The molecular weight excluding hydrogens is 345 g/mol. The third-order valence-corrected chi connectivity index (χ3v) is 4.59. The maximum atomic E-state index is 13.5. The molecule has 1 saturated heterocycles.